The van der Waals surface area contributed by atoms with Crippen LogP contribution in [0.25, 0.3) is 0 Å². The number of rotatable bonds is 2. The molecule has 4 heteroatoms. The Balaban J connectivity index is 2.06. The van der Waals surface area contributed by atoms with Crippen molar-refractivity contribution in [1.29, 1.82) is 0 Å². The number of carbonyl (C=O) groups is 1. The zero-order chi connectivity index (χ0) is 11.5. The smallest absolute Gasteiger partial charge is 0.239 e. The summed E-state index contributed by atoms with van der Waals surface area (Å²) in [5.74, 6) is 0.364. The second-order valence-corrected chi connectivity index (χ2v) is 4.11. The first kappa shape index (κ1) is 11.0. The maximum Gasteiger partial charge on any atom is 0.239 e. The average molecular weight is 220 g/mol. The van der Waals surface area contributed by atoms with Gasteiger partial charge in [-0.1, -0.05) is 12.1 Å². The summed E-state index contributed by atoms with van der Waals surface area (Å²) in [5.41, 5.74) is 0.961. The molecule has 1 unspecified atom stereocenters. The lowest BCUT2D eigenvalue weighted by molar-refractivity contribution is -0.135. The number of nitrogens with zero attached hydrogens (tertiary/aromatic N) is 1. The average Bonchev–Trinajstić information content (AvgIpc) is 2.25. The SMILES string of the molecule is CC1NCCN(Cc2cccc(O)c2)C1=O. The number of benzene rings is 1. The normalized spacial score (nSPS) is 21.2. The highest BCUT2D eigenvalue weighted by molar-refractivity contribution is 5.82. The number of aromatic hydroxyl groups is 1. The van der Waals surface area contributed by atoms with E-state index >= 15 is 0 Å². The monoisotopic (exact) mass is 220 g/mol. The van der Waals surface area contributed by atoms with E-state index in [0.717, 1.165) is 18.7 Å². The number of amides is 1. The van der Waals surface area contributed by atoms with Crippen molar-refractivity contribution in [1.82, 2.24) is 10.2 Å². The van der Waals surface area contributed by atoms with Gasteiger partial charge in [-0.2, -0.15) is 0 Å². The lowest BCUT2D eigenvalue weighted by atomic mass is 10.1. The number of piperazine rings is 1. The molecule has 0 aromatic heterocycles. The number of hydrogen-bond acceptors (Lipinski definition) is 3. The van der Waals surface area contributed by atoms with Gasteiger partial charge in [0.1, 0.15) is 5.75 Å². The molecule has 0 saturated carbocycles. The van der Waals surface area contributed by atoms with Crippen LogP contribution in [0.15, 0.2) is 24.3 Å². The van der Waals surface area contributed by atoms with Crippen LogP contribution in [0.2, 0.25) is 0 Å². The van der Waals surface area contributed by atoms with Crippen LogP contribution in [-0.2, 0) is 11.3 Å². The van der Waals surface area contributed by atoms with E-state index in [1.165, 1.54) is 0 Å². The predicted molar refractivity (Wildman–Crippen MR) is 61.0 cm³/mol. The molecule has 2 rings (SSSR count). The molecule has 1 atom stereocenters. The third-order valence-corrected chi connectivity index (χ3v) is 2.80. The van der Waals surface area contributed by atoms with Crippen molar-refractivity contribution in [2.24, 2.45) is 0 Å². The van der Waals surface area contributed by atoms with E-state index in [2.05, 4.69) is 5.32 Å². The Kier molecular flexibility index (Phi) is 3.10. The number of phenols is 1. The maximum absolute atomic E-state index is 11.8. The van der Waals surface area contributed by atoms with Crippen LogP contribution < -0.4 is 5.32 Å². The van der Waals surface area contributed by atoms with Gasteiger partial charge in [0, 0.05) is 19.6 Å². The predicted octanol–water partition coefficient (Wildman–Crippen LogP) is 0.712. The quantitative estimate of drug-likeness (QED) is 0.772. The minimum atomic E-state index is -0.106. The van der Waals surface area contributed by atoms with E-state index in [1.807, 2.05) is 17.9 Å². The van der Waals surface area contributed by atoms with Crippen molar-refractivity contribution < 1.29 is 9.90 Å². The van der Waals surface area contributed by atoms with Crippen molar-refractivity contribution in [3.8, 4) is 5.75 Å². The molecule has 0 bridgehead atoms. The second kappa shape index (κ2) is 4.53. The first-order valence-electron chi connectivity index (χ1n) is 5.47. The van der Waals surface area contributed by atoms with E-state index in [4.69, 9.17) is 0 Å². The Morgan fingerprint density at radius 2 is 2.38 bits per heavy atom. The standard InChI is InChI=1S/C12H16N2O2/c1-9-12(16)14(6-5-13-9)8-10-3-2-4-11(15)7-10/h2-4,7,9,13,15H,5-6,8H2,1H3. The van der Waals surface area contributed by atoms with E-state index in [-0.39, 0.29) is 17.7 Å². The molecule has 1 aromatic rings. The summed E-state index contributed by atoms with van der Waals surface area (Å²) in [6.45, 7) is 3.99. The largest absolute Gasteiger partial charge is 0.508 e. The summed E-state index contributed by atoms with van der Waals surface area (Å²) < 4.78 is 0. The fourth-order valence-electron chi connectivity index (χ4n) is 1.92. The third-order valence-electron chi connectivity index (χ3n) is 2.80. The van der Waals surface area contributed by atoms with Gasteiger partial charge in [0.15, 0.2) is 0 Å². The van der Waals surface area contributed by atoms with Gasteiger partial charge in [0.05, 0.1) is 6.04 Å². The molecule has 1 amide bonds. The van der Waals surface area contributed by atoms with Crippen molar-refractivity contribution >= 4 is 5.91 Å². The van der Waals surface area contributed by atoms with Gasteiger partial charge >= 0.3 is 0 Å². The van der Waals surface area contributed by atoms with Crippen molar-refractivity contribution in [2.45, 2.75) is 19.5 Å². The summed E-state index contributed by atoms with van der Waals surface area (Å²) >= 11 is 0. The third kappa shape index (κ3) is 2.33. The van der Waals surface area contributed by atoms with Crippen molar-refractivity contribution in [3.63, 3.8) is 0 Å². The molecule has 0 radical (unpaired) electrons. The zero-order valence-corrected chi connectivity index (χ0v) is 9.31. The molecular weight excluding hydrogens is 204 g/mol. The van der Waals surface area contributed by atoms with E-state index in [1.54, 1.807) is 18.2 Å². The van der Waals surface area contributed by atoms with Gasteiger partial charge in [-0.15, -0.1) is 0 Å². The first-order chi connectivity index (χ1) is 7.66. The Morgan fingerprint density at radius 1 is 1.56 bits per heavy atom. The topological polar surface area (TPSA) is 52.6 Å². The molecule has 1 heterocycles. The van der Waals surface area contributed by atoms with E-state index in [9.17, 15) is 9.90 Å². The van der Waals surface area contributed by atoms with Gasteiger partial charge in [0.2, 0.25) is 5.91 Å². The lowest BCUT2D eigenvalue weighted by Gasteiger charge is -2.31. The molecule has 4 nitrogen and oxygen atoms in total. The lowest BCUT2D eigenvalue weighted by Crippen LogP contribution is -2.53. The summed E-state index contributed by atoms with van der Waals surface area (Å²) in [5, 5.41) is 12.5. The van der Waals surface area contributed by atoms with E-state index in [0.29, 0.717) is 6.54 Å². The highest BCUT2D eigenvalue weighted by Crippen LogP contribution is 2.14. The number of carbonyl (C=O) groups excluding carboxylic acids is 1. The molecular formula is C12H16N2O2. The molecule has 1 fully saturated rings. The van der Waals surface area contributed by atoms with Crippen LogP contribution in [0.5, 0.6) is 5.75 Å². The fraction of sp³-hybridized carbons (Fsp3) is 0.417. The minimum absolute atomic E-state index is 0.106. The summed E-state index contributed by atoms with van der Waals surface area (Å²) in [7, 11) is 0. The van der Waals surface area contributed by atoms with Crippen LogP contribution in [0.1, 0.15) is 12.5 Å². The van der Waals surface area contributed by atoms with Crippen LogP contribution in [0.3, 0.4) is 0 Å². The van der Waals surface area contributed by atoms with Crippen LogP contribution in [0.4, 0.5) is 0 Å². The Morgan fingerprint density at radius 3 is 3.12 bits per heavy atom. The van der Waals surface area contributed by atoms with Crippen molar-refractivity contribution in [3.05, 3.63) is 29.8 Å². The zero-order valence-electron chi connectivity index (χ0n) is 9.31. The Bertz CT molecular complexity index is 392. The van der Waals surface area contributed by atoms with Crippen LogP contribution in [0, 0.1) is 0 Å². The molecule has 2 N–H and O–H groups in total. The Labute approximate surface area is 94.9 Å². The Hall–Kier alpha value is -1.55. The van der Waals surface area contributed by atoms with Crippen LogP contribution >= 0.6 is 0 Å². The summed E-state index contributed by atoms with van der Waals surface area (Å²) in [6, 6.07) is 6.93. The van der Waals surface area contributed by atoms with Crippen LogP contribution in [-0.4, -0.2) is 35.0 Å². The van der Waals surface area contributed by atoms with Gasteiger partial charge in [-0.05, 0) is 24.6 Å². The minimum Gasteiger partial charge on any atom is -0.508 e. The molecule has 1 saturated heterocycles. The maximum atomic E-state index is 11.8. The van der Waals surface area contributed by atoms with E-state index < -0.39 is 0 Å². The molecule has 1 aliphatic rings. The summed E-state index contributed by atoms with van der Waals surface area (Å²) in [4.78, 5) is 13.6. The molecule has 86 valence electrons. The number of nitrogens with one attached hydrogen (secondary N) is 1. The highest BCUT2D eigenvalue weighted by Gasteiger charge is 2.24. The van der Waals surface area contributed by atoms with Gasteiger partial charge in [0.25, 0.3) is 0 Å². The number of hydrogen-bond donors (Lipinski definition) is 2. The molecule has 0 spiro atoms. The molecule has 1 aromatic carbocycles. The second-order valence-electron chi connectivity index (χ2n) is 4.11. The molecule has 1 aliphatic heterocycles. The highest BCUT2D eigenvalue weighted by atomic mass is 16.3. The van der Waals surface area contributed by atoms with Gasteiger partial charge in [-0.3, -0.25) is 4.79 Å². The first-order valence-corrected chi connectivity index (χ1v) is 5.47. The fourth-order valence-corrected chi connectivity index (χ4v) is 1.92. The number of phenolic OH excluding ortho intramolecular Hbond substituents is 1. The molecule has 0 aliphatic carbocycles. The van der Waals surface area contributed by atoms with Gasteiger partial charge in [-0.25, -0.2) is 0 Å². The molecule has 16 heavy (non-hydrogen) atoms. The van der Waals surface area contributed by atoms with Gasteiger partial charge < -0.3 is 15.3 Å². The van der Waals surface area contributed by atoms with Crippen molar-refractivity contribution in [2.75, 3.05) is 13.1 Å². The summed E-state index contributed by atoms with van der Waals surface area (Å²) in [6.07, 6.45) is 0.